The third-order valence-electron chi connectivity index (χ3n) is 3.68. The van der Waals surface area contributed by atoms with Crippen molar-refractivity contribution in [3.63, 3.8) is 0 Å². The lowest BCUT2D eigenvalue weighted by molar-refractivity contribution is -0.274. The van der Waals surface area contributed by atoms with E-state index in [1.54, 1.807) is 25.5 Å². The third-order valence-corrected chi connectivity index (χ3v) is 3.68. The molecule has 0 aliphatic rings. The highest BCUT2D eigenvalue weighted by Crippen LogP contribution is 2.29. The van der Waals surface area contributed by atoms with Crippen LogP contribution in [0.1, 0.15) is 5.69 Å². The zero-order valence-corrected chi connectivity index (χ0v) is 14.4. The van der Waals surface area contributed by atoms with Crippen molar-refractivity contribution in [2.75, 3.05) is 14.1 Å². The van der Waals surface area contributed by atoms with Gasteiger partial charge in [-0.2, -0.15) is 0 Å². The van der Waals surface area contributed by atoms with Crippen LogP contribution in [0.15, 0.2) is 41.5 Å². The molecule has 0 saturated heterocycles. The lowest BCUT2D eigenvalue weighted by Crippen LogP contribution is -2.23. The van der Waals surface area contributed by atoms with Crippen LogP contribution in [-0.2, 0) is 13.6 Å². The Labute approximate surface area is 147 Å². The zero-order valence-electron chi connectivity index (χ0n) is 14.4. The summed E-state index contributed by atoms with van der Waals surface area (Å²) in [6, 6.07) is 5.60. The lowest BCUT2D eigenvalue weighted by atomic mass is 10.1. The van der Waals surface area contributed by atoms with Crippen LogP contribution in [0.2, 0.25) is 0 Å². The first kappa shape index (κ1) is 18.0. The van der Waals surface area contributed by atoms with Gasteiger partial charge in [0.05, 0.1) is 5.69 Å². The van der Waals surface area contributed by atoms with Crippen molar-refractivity contribution >= 4 is 5.65 Å². The van der Waals surface area contributed by atoms with Crippen molar-refractivity contribution < 1.29 is 17.9 Å². The van der Waals surface area contributed by atoms with Gasteiger partial charge in [0.25, 0.3) is 0 Å². The molecule has 6 nitrogen and oxygen atoms in total. The Bertz CT molecular complexity index is 1010. The molecule has 0 unspecified atom stereocenters. The summed E-state index contributed by atoms with van der Waals surface area (Å²) >= 11 is 0. The quantitative estimate of drug-likeness (QED) is 0.712. The molecule has 3 rings (SSSR count). The van der Waals surface area contributed by atoms with Gasteiger partial charge < -0.3 is 14.2 Å². The van der Waals surface area contributed by atoms with Gasteiger partial charge in [0.15, 0.2) is 5.65 Å². The van der Waals surface area contributed by atoms with Gasteiger partial charge in [-0.25, -0.2) is 9.78 Å². The number of benzene rings is 1. The van der Waals surface area contributed by atoms with Crippen LogP contribution in [-0.4, -0.2) is 39.3 Å². The molecule has 0 amide bonds. The minimum atomic E-state index is -4.77. The largest absolute Gasteiger partial charge is 0.573 e. The summed E-state index contributed by atoms with van der Waals surface area (Å²) in [4.78, 5) is 18.8. The lowest BCUT2D eigenvalue weighted by Gasteiger charge is -2.11. The first-order valence-corrected chi connectivity index (χ1v) is 7.72. The molecule has 3 aromatic rings. The highest BCUT2D eigenvalue weighted by atomic mass is 19.4. The van der Waals surface area contributed by atoms with E-state index in [1.807, 2.05) is 19.0 Å². The monoisotopic (exact) mass is 366 g/mol. The Morgan fingerprint density at radius 1 is 1.23 bits per heavy atom. The number of alkyl halides is 3. The van der Waals surface area contributed by atoms with Crippen LogP contribution in [0.4, 0.5) is 13.2 Å². The molecule has 0 N–H and O–H groups in total. The Hall–Kier alpha value is -2.81. The smallest absolute Gasteiger partial charge is 0.406 e. The Balaban J connectivity index is 2.16. The first-order valence-electron chi connectivity index (χ1n) is 7.72. The number of rotatable bonds is 4. The minimum absolute atomic E-state index is 0.288. The number of ether oxygens (including phenoxy) is 1. The van der Waals surface area contributed by atoms with E-state index in [0.717, 1.165) is 0 Å². The predicted octanol–water partition coefficient (Wildman–Crippen LogP) is 2.66. The molecule has 1 aromatic carbocycles. The van der Waals surface area contributed by atoms with E-state index >= 15 is 0 Å². The summed E-state index contributed by atoms with van der Waals surface area (Å²) in [7, 11) is 5.33. The maximum atomic E-state index is 12.5. The summed E-state index contributed by atoms with van der Waals surface area (Å²) in [6.07, 6.45) is -1.59. The van der Waals surface area contributed by atoms with E-state index in [4.69, 9.17) is 0 Å². The van der Waals surface area contributed by atoms with Crippen LogP contribution in [0.25, 0.3) is 16.8 Å². The number of hydrogen-bond acceptors (Lipinski definition) is 4. The average molecular weight is 366 g/mol. The molecule has 0 fully saturated rings. The first-order chi connectivity index (χ1) is 12.1. The van der Waals surface area contributed by atoms with Crippen molar-refractivity contribution in [2.45, 2.75) is 12.9 Å². The number of aromatic nitrogens is 3. The van der Waals surface area contributed by atoms with Crippen molar-refractivity contribution in [3.05, 3.63) is 52.8 Å². The van der Waals surface area contributed by atoms with Gasteiger partial charge in [-0.05, 0) is 31.8 Å². The molecule has 0 spiro atoms. The van der Waals surface area contributed by atoms with Crippen LogP contribution in [0, 0.1) is 0 Å². The highest BCUT2D eigenvalue weighted by molar-refractivity contribution is 5.77. The molecule has 0 aliphatic heterocycles. The molecule has 0 radical (unpaired) electrons. The molecule has 9 heteroatoms. The van der Waals surface area contributed by atoms with Crippen molar-refractivity contribution in [1.29, 1.82) is 0 Å². The van der Waals surface area contributed by atoms with E-state index in [0.29, 0.717) is 29.0 Å². The topological polar surface area (TPSA) is 51.8 Å². The average Bonchev–Trinajstić information content (AvgIpc) is 2.92. The third kappa shape index (κ3) is 3.72. The van der Waals surface area contributed by atoms with Crippen molar-refractivity contribution in [3.8, 4) is 16.9 Å². The number of hydrogen-bond donors (Lipinski definition) is 0. The van der Waals surface area contributed by atoms with Gasteiger partial charge >= 0.3 is 12.1 Å². The van der Waals surface area contributed by atoms with Gasteiger partial charge in [0.2, 0.25) is 0 Å². The van der Waals surface area contributed by atoms with Crippen LogP contribution in [0.5, 0.6) is 5.75 Å². The zero-order chi connectivity index (χ0) is 19.1. The standard InChI is InChI=1S/C17H17F3N4O2/c1-22(2)8-12-9-24-15(21-12)14(10-23(3)16(24)25)11-5-4-6-13(7-11)26-17(18,19)20/h4-7,9-10H,8H2,1-3H3. The van der Waals surface area contributed by atoms with Crippen molar-refractivity contribution in [1.82, 2.24) is 18.9 Å². The number of fused-ring (bicyclic) bond motifs is 1. The van der Waals surface area contributed by atoms with Crippen molar-refractivity contribution in [2.24, 2.45) is 7.05 Å². The van der Waals surface area contributed by atoms with E-state index in [1.165, 1.54) is 27.2 Å². The SMILES string of the molecule is CN(C)Cc1cn2c(=O)n(C)cc(-c3cccc(OC(F)(F)F)c3)c2n1. The Morgan fingerprint density at radius 2 is 1.96 bits per heavy atom. The van der Waals surface area contributed by atoms with Gasteiger partial charge in [-0.15, -0.1) is 13.2 Å². The molecule has 2 aromatic heterocycles. The minimum Gasteiger partial charge on any atom is -0.406 e. The normalized spacial score (nSPS) is 12.1. The van der Waals surface area contributed by atoms with E-state index in [2.05, 4.69) is 9.72 Å². The molecular formula is C17H17F3N4O2. The second kappa shape index (κ2) is 6.49. The maximum Gasteiger partial charge on any atom is 0.573 e. The van der Waals surface area contributed by atoms with E-state index in [9.17, 15) is 18.0 Å². The molecule has 26 heavy (non-hydrogen) atoms. The molecule has 138 valence electrons. The second-order valence-corrected chi connectivity index (χ2v) is 6.18. The summed E-state index contributed by atoms with van der Waals surface area (Å²) in [5.41, 5.74) is 1.78. The van der Waals surface area contributed by atoms with Gasteiger partial charge in [0, 0.05) is 31.5 Å². The molecule has 0 atom stereocenters. The fraction of sp³-hybridized carbons (Fsp3) is 0.294. The summed E-state index contributed by atoms with van der Waals surface area (Å²) in [5, 5.41) is 0. The number of imidazole rings is 1. The van der Waals surface area contributed by atoms with E-state index < -0.39 is 6.36 Å². The summed E-state index contributed by atoms with van der Waals surface area (Å²) < 4.78 is 44.2. The number of aryl methyl sites for hydroxylation is 1. The Kier molecular flexibility index (Phi) is 4.49. The van der Waals surface area contributed by atoms with E-state index in [-0.39, 0.29) is 11.4 Å². The fourth-order valence-electron chi connectivity index (χ4n) is 2.71. The Morgan fingerprint density at radius 3 is 2.62 bits per heavy atom. The summed E-state index contributed by atoms with van der Waals surface area (Å²) in [5.74, 6) is -0.331. The summed E-state index contributed by atoms with van der Waals surface area (Å²) in [6.45, 7) is 0.529. The van der Waals surface area contributed by atoms with Gasteiger partial charge in [-0.3, -0.25) is 4.40 Å². The predicted molar refractivity (Wildman–Crippen MR) is 89.9 cm³/mol. The van der Waals surface area contributed by atoms with Gasteiger partial charge in [-0.1, -0.05) is 12.1 Å². The molecule has 0 aliphatic carbocycles. The molecular weight excluding hydrogens is 349 g/mol. The van der Waals surface area contributed by atoms with Crippen LogP contribution in [0.3, 0.4) is 0 Å². The van der Waals surface area contributed by atoms with Crippen LogP contribution >= 0.6 is 0 Å². The number of nitrogens with zero attached hydrogens (tertiary/aromatic N) is 4. The molecule has 0 saturated carbocycles. The molecule has 2 heterocycles. The van der Waals surface area contributed by atoms with Gasteiger partial charge in [0.1, 0.15) is 5.75 Å². The number of halogens is 3. The molecule has 0 bridgehead atoms. The van der Waals surface area contributed by atoms with Crippen LogP contribution < -0.4 is 10.4 Å². The second-order valence-electron chi connectivity index (χ2n) is 6.18. The maximum absolute atomic E-state index is 12.5. The fourth-order valence-corrected chi connectivity index (χ4v) is 2.71. The highest BCUT2D eigenvalue weighted by Gasteiger charge is 2.31.